The summed E-state index contributed by atoms with van der Waals surface area (Å²) in [5.74, 6) is -0.477. The second kappa shape index (κ2) is 8.15. The number of methoxy groups -OCH3 is 1. The summed E-state index contributed by atoms with van der Waals surface area (Å²) in [5, 5.41) is 5.46. The van der Waals surface area contributed by atoms with Crippen molar-refractivity contribution in [2.75, 3.05) is 12.4 Å². The summed E-state index contributed by atoms with van der Waals surface area (Å²) in [6.45, 7) is 3.91. The number of nitrogens with one attached hydrogen (secondary N) is 2. The number of rotatable bonds is 5. The van der Waals surface area contributed by atoms with Crippen molar-refractivity contribution in [3.05, 3.63) is 65.2 Å². The second-order valence-corrected chi connectivity index (χ2v) is 5.68. The first-order chi connectivity index (χ1) is 11.5. The lowest BCUT2D eigenvalue weighted by Gasteiger charge is -2.18. The molecular weight excluding hydrogens is 304 g/mol. The molecule has 2 amide bonds. The standard InChI is InChI=1S/C19H22N2O3/c1-13-9-10-16(14(2)11-13)20-19(23)21-17(18(22)24-3)12-15-7-5-4-6-8-15/h4-11,17H,12H2,1-3H3,(H2,20,21,23)/t17-/m1/s1. The number of amides is 2. The fourth-order valence-corrected chi connectivity index (χ4v) is 2.46. The van der Waals surface area contributed by atoms with E-state index in [0.29, 0.717) is 12.1 Å². The molecule has 1 atom stereocenters. The highest BCUT2D eigenvalue weighted by atomic mass is 16.5. The maximum Gasteiger partial charge on any atom is 0.328 e. The molecule has 2 aromatic rings. The van der Waals surface area contributed by atoms with Gasteiger partial charge in [0.05, 0.1) is 7.11 Å². The van der Waals surface area contributed by atoms with Crippen LogP contribution in [0.2, 0.25) is 0 Å². The molecule has 0 radical (unpaired) electrons. The van der Waals surface area contributed by atoms with Crippen LogP contribution >= 0.6 is 0 Å². The van der Waals surface area contributed by atoms with Gasteiger partial charge in [-0.1, -0.05) is 48.0 Å². The van der Waals surface area contributed by atoms with Gasteiger partial charge in [0, 0.05) is 12.1 Å². The minimum Gasteiger partial charge on any atom is -0.467 e. The van der Waals surface area contributed by atoms with Crippen molar-refractivity contribution in [1.82, 2.24) is 5.32 Å². The van der Waals surface area contributed by atoms with Gasteiger partial charge in [0.25, 0.3) is 0 Å². The minimum atomic E-state index is -0.747. The predicted octanol–water partition coefficient (Wildman–Crippen LogP) is 3.21. The average Bonchev–Trinajstić information content (AvgIpc) is 2.57. The van der Waals surface area contributed by atoms with E-state index in [1.54, 1.807) is 0 Å². The number of benzene rings is 2. The van der Waals surface area contributed by atoms with Gasteiger partial charge in [-0.25, -0.2) is 9.59 Å². The molecule has 24 heavy (non-hydrogen) atoms. The van der Waals surface area contributed by atoms with Gasteiger partial charge in [-0.3, -0.25) is 0 Å². The topological polar surface area (TPSA) is 67.4 Å². The Kier molecular flexibility index (Phi) is 5.95. The van der Waals surface area contributed by atoms with Gasteiger partial charge in [0.15, 0.2) is 0 Å². The summed E-state index contributed by atoms with van der Waals surface area (Å²) in [4.78, 5) is 24.2. The fourth-order valence-electron chi connectivity index (χ4n) is 2.46. The van der Waals surface area contributed by atoms with Gasteiger partial charge in [0.1, 0.15) is 6.04 Å². The van der Waals surface area contributed by atoms with E-state index in [1.165, 1.54) is 7.11 Å². The highest BCUT2D eigenvalue weighted by molar-refractivity contribution is 5.93. The molecule has 5 heteroatoms. The van der Waals surface area contributed by atoms with E-state index in [0.717, 1.165) is 16.7 Å². The molecule has 0 fully saturated rings. The first-order valence-electron chi connectivity index (χ1n) is 7.76. The Morgan fingerprint density at radius 3 is 2.42 bits per heavy atom. The molecule has 0 bridgehead atoms. The summed E-state index contributed by atoms with van der Waals surface area (Å²) < 4.78 is 4.79. The van der Waals surface area contributed by atoms with E-state index in [4.69, 9.17) is 4.74 Å². The zero-order chi connectivity index (χ0) is 17.5. The molecule has 0 saturated heterocycles. The lowest BCUT2D eigenvalue weighted by Crippen LogP contribution is -2.45. The third kappa shape index (κ3) is 4.84. The summed E-state index contributed by atoms with van der Waals surface area (Å²) in [6, 6.07) is 14.0. The molecule has 0 aliphatic heterocycles. The van der Waals surface area contributed by atoms with Crippen molar-refractivity contribution in [2.24, 2.45) is 0 Å². The zero-order valence-electron chi connectivity index (χ0n) is 14.1. The van der Waals surface area contributed by atoms with Crippen molar-refractivity contribution < 1.29 is 14.3 Å². The van der Waals surface area contributed by atoms with Gasteiger partial charge in [-0.15, -0.1) is 0 Å². The van der Waals surface area contributed by atoms with Crippen molar-refractivity contribution in [3.63, 3.8) is 0 Å². The van der Waals surface area contributed by atoms with Crippen molar-refractivity contribution in [2.45, 2.75) is 26.3 Å². The van der Waals surface area contributed by atoms with Crippen LogP contribution in [0.15, 0.2) is 48.5 Å². The summed E-state index contributed by atoms with van der Waals surface area (Å²) in [5.41, 5.74) is 3.74. The lowest BCUT2D eigenvalue weighted by molar-refractivity contribution is -0.142. The highest BCUT2D eigenvalue weighted by Gasteiger charge is 2.22. The third-order valence-corrected chi connectivity index (χ3v) is 3.70. The second-order valence-electron chi connectivity index (χ2n) is 5.68. The van der Waals surface area contributed by atoms with E-state index in [-0.39, 0.29) is 0 Å². The normalized spacial score (nSPS) is 11.5. The molecule has 126 valence electrons. The molecule has 0 aliphatic rings. The van der Waals surface area contributed by atoms with Gasteiger partial charge in [-0.05, 0) is 31.0 Å². The molecule has 2 aromatic carbocycles. The molecule has 2 N–H and O–H groups in total. The number of urea groups is 1. The summed E-state index contributed by atoms with van der Waals surface area (Å²) >= 11 is 0. The zero-order valence-corrected chi connectivity index (χ0v) is 14.1. The Bertz CT molecular complexity index is 714. The van der Waals surface area contributed by atoms with E-state index < -0.39 is 18.0 Å². The molecule has 0 unspecified atom stereocenters. The highest BCUT2D eigenvalue weighted by Crippen LogP contribution is 2.16. The van der Waals surface area contributed by atoms with Crippen LogP contribution in [-0.2, 0) is 16.0 Å². The Hall–Kier alpha value is -2.82. The van der Waals surface area contributed by atoms with Gasteiger partial charge in [-0.2, -0.15) is 0 Å². The Morgan fingerprint density at radius 2 is 1.79 bits per heavy atom. The quantitative estimate of drug-likeness (QED) is 0.829. The first-order valence-corrected chi connectivity index (χ1v) is 7.76. The Morgan fingerprint density at radius 1 is 1.08 bits per heavy atom. The third-order valence-electron chi connectivity index (χ3n) is 3.70. The van der Waals surface area contributed by atoms with Crippen LogP contribution in [0.3, 0.4) is 0 Å². The Labute approximate surface area is 142 Å². The van der Waals surface area contributed by atoms with E-state index in [9.17, 15) is 9.59 Å². The molecule has 0 saturated carbocycles. The smallest absolute Gasteiger partial charge is 0.328 e. The lowest BCUT2D eigenvalue weighted by atomic mass is 10.1. The SMILES string of the molecule is COC(=O)[C@@H](Cc1ccccc1)NC(=O)Nc1ccc(C)cc1C. The Balaban J connectivity index is 2.05. The molecule has 5 nitrogen and oxygen atoms in total. The molecule has 0 aliphatic carbocycles. The van der Waals surface area contributed by atoms with Crippen LogP contribution in [0.25, 0.3) is 0 Å². The molecule has 2 rings (SSSR count). The molecule has 0 aromatic heterocycles. The maximum absolute atomic E-state index is 12.2. The van der Waals surface area contributed by atoms with Crippen molar-refractivity contribution >= 4 is 17.7 Å². The largest absolute Gasteiger partial charge is 0.467 e. The fraction of sp³-hybridized carbons (Fsp3) is 0.263. The van der Waals surface area contributed by atoms with Crippen LogP contribution in [0, 0.1) is 13.8 Å². The average molecular weight is 326 g/mol. The van der Waals surface area contributed by atoms with E-state index in [1.807, 2.05) is 62.4 Å². The number of aryl methyl sites for hydroxylation is 2. The number of carbonyl (C=O) groups is 2. The number of carbonyl (C=O) groups excluding carboxylic acids is 2. The maximum atomic E-state index is 12.2. The predicted molar refractivity (Wildman–Crippen MR) is 94.0 cm³/mol. The van der Waals surface area contributed by atoms with Gasteiger partial charge in [0.2, 0.25) is 0 Å². The number of anilines is 1. The van der Waals surface area contributed by atoms with Crippen LogP contribution in [0.5, 0.6) is 0 Å². The van der Waals surface area contributed by atoms with E-state index in [2.05, 4.69) is 10.6 Å². The van der Waals surface area contributed by atoms with Crippen LogP contribution in [0.4, 0.5) is 10.5 Å². The number of esters is 1. The molecular formula is C19H22N2O3. The number of hydrogen-bond donors (Lipinski definition) is 2. The van der Waals surface area contributed by atoms with Crippen molar-refractivity contribution in [3.8, 4) is 0 Å². The minimum absolute atomic E-state index is 0.369. The van der Waals surface area contributed by atoms with Gasteiger partial charge < -0.3 is 15.4 Å². The van der Waals surface area contributed by atoms with Crippen LogP contribution in [0.1, 0.15) is 16.7 Å². The summed E-state index contributed by atoms with van der Waals surface area (Å²) in [7, 11) is 1.31. The van der Waals surface area contributed by atoms with Crippen LogP contribution in [-0.4, -0.2) is 25.2 Å². The van der Waals surface area contributed by atoms with Crippen LogP contribution < -0.4 is 10.6 Å². The first kappa shape index (κ1) is 17.5. The monoisotopic (exact) mass is 326 g/mol. The number of ether oxygens (including phenoxy) is 1. The molecule has 0 spiro atoms. The number of hydrogen-bond acceptors (Lipinski definition) is 3. The van der Waals surface area contributed by atoms with Gasteiger partial charge >= 0.3 is 12.0 Å². The molecule has 0 heterocycles. The summed E-state index contributed by atoms with van der Waals surface area (Å²) in [6.07, 6.45) is 0.369. The van der Waals surface area contributed by atoms with Crippen molar-refractivity contribution in [1.29, 1.82) is 0 Å². The van der Waals surface area contributed by atoms with E-state index >= 15 is 0 Å².